The van der Waals surface area contributed by atoms with Gasteiger partial charge in [-0.25, -0.2) is 4.79 Å². The molecule has 0 N–H and O–H groups in total. The van der Waals surface area contributed by atoms with Gasteiger partial charge in [-0.15, -0.1) is 0 Å². The highest BCUT2D eigenvalue weighted by Gasteiger charge is 2.05. The number of pyridine rings is 1. The van der Waals surface area contributed by atoms with E-state index < -0.39 is 11.9 Å². The number of esters is 2. The number of hydrogen-bond acceptors (Lipinski definition) is 5. The maximum atomic E-state index is 11.3. The number of rotatable bonds is 4. The Labute approximate surface area is 87.0 Å². The second-order valence-electron chi connectivity index (χ2n) is 2.71. The number of ether oxygens (including phenoxy) is 2. The molecule has 0 amide bonds. The first-order chi connectivity index (χ1) is 7.20. The molecule has 1 rings (SSSR count). The average molecular weight is 209 g/mol. The van der Waals surface area contributed by atoms with E-state index in [1.807, 2.05) is 0 Å². The van der Waals surface area contributed by atoms with E-state index in [1.54, 1.807) is 12.1 Å². The zero-order valence-electron chi connectivity index (χ0n) is 8.30. The summed E-state index contributed by atoms with van der Waals surface area (Å²) in [7, 11) is 0. The first kappa shape index (κ1) is 11.2. The van der Waals surface area contributed by atoms with Gasteiger partial charge < -0.3 is 9.47 Å². The molecular weight excluding hydrogens is 198 g/mol. The van der Waals surface area contributed by atoms with E-state index >= 15 is 0 Å². The number of nitrogens with zero attached hydrogens (tertiary/aromatic N) is 1. The van der Waals surface area contributed by atoms with Crippen molar-refractivity contribution in [2.45, 2.75) is 6.92 Å². The predicted octanol–water partition coefficient (Wildman–Crippen LogP) is 0.802. The fraction of sp³-hybridized carbons (Fsp3) is 0.300. The normalized spacial score (nSPS) is 9.40. The van der Waals surface area contributed by atoms with Crippen molar-refractivity contribution in [3.63, 3.8) is 0 Å². The van der Waals surface area contributed by atoms with Crippen molar-refractivity contribution in [3.8, 4) is 0 Å². The van der Waals surface area contributed by atoms with Crippen molar-refractivity contribution < 1.29 is 19.1 Å². The van der Waals surface area contributed by atoms with Crippen LogP contribution in [0.4, 0.5) is 0 Å². The lowest BCUT2D eigenvalue weighted by atomic mass is 10.3. The van der Waals surface area contributed by atoms with Gasteiger partial charge in [0, 0.05) is 19.3 Å². The molecule has 1 heterocycles. The number of carbonyl (C=O) groups excluding carboxylic acids is 2. The Kier molecular flexibility index (Phi) is 4.28. The van der Waals surface area contributed by atoms with Gasteiger partial charge in [0.1, 0.15) is 13.2 Å². The number of aromatic nitrogens is 1. The first-order valence-corrected chi connectivity index (χ1v) is 4.40. The molecular formula is C10H11NO4. The van der Waals surface area contributed by atoms with Crippen molar-refractivity contribution >= 4 is 11.9 Å². The molecule has 0 saturated carbocycles. The van der Waals surface area contributed by atoms with Crippen molar-refractivity contribution in [2.24, 2.45) is 0 Å². The Hall–Kier alpha value is -1.91. The van der Waals surface area contributed by atoms with Gasteiger partial charge in [0.15, 0.2) is 0 Å². The third-order valence-electron chi connectivity index (χ3n) is 1.54. The Bertz CT molecular complexity index is 337. The van der Waals surface area contributed by atoms with Crippen LogP contribution in [-0.2, 0) is 14.3 Å². The summed E-state index contributed by atoms with van der Waals surface area (Å²) in [5.74, 6) is -0.848. The highest BCUT2D eigenvalue weighted by Crippen LogP contribution is 1.98. The minimum absolute atomic E-state index is 0.0563. The Morgan fingerprint density at radius 3 is 2.40 bits per heavy atom. The molecule has 80 valence electrons. The molecule has 0 spiro atoms. The summed E-state index contributed by atoms with van der Waals surface area (Å²) in [4.78, 5) is 25.5. The topological polar surface area (TPSA) is 65.5 Å². The molecule has 0 radical (unpaired) electrons. The first-order valence-electron chi connectivity index (χ1n) is 4.40. The van der Waals surface area contributed by atoms with E-state index in [0.717, 1.165) is 0 Å². The van der Waals surface area contributed by atoms with E-state index in [0.29, 0.717) is 5.56 Å². The highest BCUT2D eigenvalue weighted by molar-refractivity contribution is 5.89. The Balaban J connectivity index is 2.28. The Morgan fingerprint density at radius 2 is 1.80 bits per heavy atom. The predicted molar refractivity (Wildman–Crippen MR) is 51.2 cm³/mol. The fourth-order valence-corrected chi connectivity index (χ4v) is 0.891. The van der Waals surface area contributed by atoms with Crippen LogP contribution >= 0.6 is 0 Å². The van der Waals surface area contributed by atoms with Crippen LogP contribution in [0.5, 0.6) is 0 Å². The van der Waals surface area contributed by atoms with Crippen molar-refractivity contribution in [1.82, 2.24) is 4.98 Å². The molecule has 0 unspecified atom stereocenters. The quantitative estimate of drug-likeness (QED) is 0.542. The zero-order valence-corrected chi connectivity index (χ0v) is 8.30. The minimum Gasteiger partial charge on any atom is -0.462 e. The lowest BCUT2D eigenvalue weighted by Gasteiger charge is -2.04. The smallest absolute Gasteiger partial charge is 0.338 e. The van der Waals surface area contributed by atoms with Gasteiger partial charge in [0.25, 0.3) is 0 Å². The van der Waals surface area contributed by atoms with Gasteiger partial charge in [-0.2, -0.15) is 0 Å². The zero-order chi connectivity index (χ0) is 11.1. The van der Waals surface area contributed by atoms with Gasteiger partial charge in [0.05, 0.1) is 5.56 Å². The molecule has 0 atom stereocenters. The van der Waals surface area contributed by atoms with E-state index in [1.165, 1.54) is 19.3 Å². The van der Waals surface area contributed by atoms with Crippen LogP contribution in [0.15, 0.2) is 24.5 Å². The van der Waals surface area contributed by atoms with Crippen LogP contribution in [0.1, 0.15) is 17.3 Å². The molecule has 0 bridgehead atoms. The molecule has 0 aromatic carbocycles. The summed E-state index contributed by atoms with van der Waals surface area (Å²) in [5.41, 5.74) is 0.424. The van der Waals surface area contributed by atoms with Crippen LogP contribution in [0.25, 0.3) is 0 Å². The summed E-state index contributed by atoms with van der Waals surface area (Å²) in [6.07, 6.45) is 3.01. The van der Waals surface area contributed by atoms with Gasteiger partial charge in [-0.3, -0.25) is 9.78 Å². The van der Waals surface area contributed by atoms with Crippen molar-refractivity contribution in [1.29, 1.82) is 0 Å². The lowest BCUT2D eigenvalue weighted by molar-refractivity contribution is -0.142. The summed E-state index contributed by atoms with van der Waals surface area (Å²) in [6.45, 7) is 1.43. The minimum atomic E-state index is -0.454. The molecule has 1 aromatic heterocycles. The molecule has 0 saturated heterocycles. The fourth-order valence-electron chi connectivity index (χ4n) is 0.891. The number of carbonyl (C=O) groups is 2. The molecule has 1 aromatic rings. The molecule has 5 nitrogen and oxygen atoms in total. The summed E-state index contributed by atoms with van der Waals surface area (Å²) in [5, 5.41) is 0. The van der Waals surface area contributed by atoms with Crippen molar-refractivity contribution in [2.75, 3.05) is 13.2 Å². The number of hydrogen-bond donors (Lipinski definition) is 0. The van der Waals surface area contributed by atoms with E-state index in [2.05, 4.69) is 9.72 Å². The second-order valence-corrected chi connectivity index (χ2v) is 2.71. The molecule has 15 heavy (non-hydrogen) atoms. The largest absolute Gasteiger partial charge is 0.462 e. The van der Waals surface area contributed by atoms with Crippen LogP contribution in [0, 0.1) is 0 Å². The SMILES string of the molecule is CC(=O)OCCOC(=O)c1ccncc1. The monoisotopic (exact) mass is 209 g/mol. The standard InChI is InChI=1S/C10H11NO4/c1-8(12)14-6-7-15-10(13)9-2-4-11-5-3-9/h2-5H,6-7H2,1H3. The molecule has 5 heteroatoms. The highest BCUT2D eigenvalue weighted by atomic mass is 16.6. The molecule has 0 aliphatic carbocycles. The molecule has 0 aliphatic heterocycles. The van der Waals surface area contributed by atoms with E-state index in [4.69, 9.17) is 4.74 Å². The second kappa shape index (κ2) is 5.74. The van der Waals surface area contributed by atoms with E-state index in [9.17, 15) is 9.59 Å². The van der Waals surface area contributed by atoms with Gasteiger partial charge in [-0.05, 0) is 12.1 Å². The third-order valence-corrected chi connectivity index (χ3v) is 1.54. The maximum absolute atomic E-state index is 11.3. The summed E-state index contributed by atoms with van der Waals surface area (Å²) in [6, 6.07) is 3.10. The summed E-state index contributed by atoms with van der Waals surface area (Å²) < 4.78 is 9.43. The van der Waals surface area contributed by atoms with Crippen LogP contribution in [0.3, 0.4) is 0 Å². The summed E-state index contributed by atoms with van der Waals surface area (Å²) >= 11 is 0. The van der Waals surface area contributed by atoms with Crippen LogP contribution < -0.4 is 0 Å². The van der Waals surface area contributed by atoms with Crippen LogP contribution in [-0.4, -0.2) is 30.1 Å². The molecule has 0 aliphatic rings. The van der Waals surface area contributed by atoms with Crippen LogP contribution in [0.2, 0.25) is 0 Å². The average Bonchev–Trinajstić information content (AvgIpc) is 2.25. The maximum Gasteiger partial charge on any atom is 0.338 e. The van der Waals surface area contributed by atoms with Gasteiger partial charge >= 0.3 is 11.9 Å². The lowest BCUT2D eigenvalue weighted by Crippen LogP contribution is -2.12. The molecule has 0 fully saturated rings. The van der Waals surface area contributed by atoms with Gasteiger partial charge in [0.2, 0.25) is 0 Å². The third kappa shape index (κ3) is 4.21. The van der Waals surface area contributed by atoms with Gasteiger partial charge in [-0.1, -0.05) is 0 Å². The van der Waals surface area contributed by atoms with Crippen molar-refractivity contribution in [3.05, 3.63) is 30.1 Å². The Morgan fingerprint density at radius 1 is 1.20 bits per heavy atom. The van der Waals surface area contributed by atoms with E-state index in [-0.39, 0.29) is 13.2 Å².